The molecule has 1 aromatic heterocycles. The highest BCUT2D eigenvalue weighted by molar-refractivity contribution is 7.84. The smallest absolute Gasteiger partial charge is 0.289 e. The van der Waals surface area contributed by atoms with Gasteiger partial charge in [-0.3, -0.25) is 9.00 Å². The van der Waals surface area contributed by atoms with E-state index in [4.69, 9.17) is 4.42 Å². The highest BCUT2D eigenvalue weighted by Crippen LogP contribution is 2.17. The first-order valence-corrected chi connectivity index (χ1v) is 9.39. The van der Waals surface area contributed by atoms with Crippen molar-refractivity contribution in [3.8, 4) is 0 Å². The predicted octanol–water partition coefficient (Wildman–Crippen LogP) is 3.99. The third-order valence-electron chi connectivity index (χ3n) is 3.67. The summed E-state index contributed by atoms with van der Waals surface area (Å²) in [5.74, 6) is 0.379. The quantitative estimate of drug-likeness (QED) is 0.722. The number of furan rings is 1. The molecule has 4 nitrogen and oxygen atoms in total. The second-order valence-corrected chi connectivity index (χ2v) is 6.90. The zero-order chi connectivity index (χ0) is 17.5. The summed E-state index contributed by atoms with van der Waals surface area (Å²) in [5, 5.41) is 0. The van der Waals surface area contributed by atoms with Gasteiger partial charge in [0.1, 0.15) is 11.6 Å². The number of halogens is 1. The number of hydrogen-bond donors (Lipinski definition) is 0. The summed E-state index contributed by atoms with van der Waals surface area (Å²) in [4.78, 5) is 14.7. The number of carbonyl (C=O) groups is 1. The molecule has 1 aromatic carbocycles. The van der Waals surface area contributed by atoms with Crippen molar-refractivity contribution in [2.24, 2.45) is 0 Å². The molecule has 0 aliphatic carbocycles. The molecule has 0 unspecified atom stereocenters. The Morgan fingerprint density at radius 2 is 1.88 bits per heavy atom. The third-order valence-corrected chi connectivity index (χ3v) is 5.02. The van der Waals surface area contributed by atoms with Gasteiger partial charge in [-0.1, -0.05) is 13.3 Å². The van der Waals surface area contributed by atoms with E-state index < -0.39 is 10.8 Å². The van der Waals surface area contributed by atoms with Crippen molar-refractivity contribution in [2.75, 3.05) is 13.1 Å². The van der Waals surface area contributed by atoms with Crippen LogP contribution in [0.1, 0.15) is 43.0 Å². The van der Waals surface area contributed by atoms with E-state index in [0.29, 0.717) is 23.7 Å². The summed E-state index contributed by atoms with van der Waals surface area (Å²) in [5.41, 5.74) is 0. The first-order valence-electron chi connectivity index (χ1n) is 8.07. The van der Waals surface area contributed by atoms with Crippen molar-refractivity contribution in [2.45, 2.75) is 37.3 Å². The lowest BCUT2D eigenvalue weighted by molar-refractivity contribution is 0.0729. The molecule has 0 fully saturated rings. The third kappa shape index (κ3) is 4.77. The van der Waals surface area contributed by atoms with Crippen LogP contribution in [0.2, 0.25) is 0 Å². The van der Waals surface area contributed by atoms with Crippen LogP contribution in [-0.2, 0) is 16.6 Å². The lowest BCUT2D eigenvalue weighted by Crippen LogP contribution is -2.31. The number of nitrogens with zero attached hydrogens (tertiary/aromatic N) is 1. The van der Waals surface area contributed by atoms with Crippen LogP contribution in [0.4, 0.5) is 4.39 Å². The van der Waals surface area contributed by atoms with Crippen LogP contribution in [0, 0.1) is 5.82 Å². The number of rotatable bonds is 8. The largest absolute Gasteiger partial charge is 0.455 e. The highest BCUT2D eigenvalue weighted by atomic mass is 32.2. The molecule has 0 saturated heterocycles. The van der Waals surface area contributed by atoms with Gasteiger partial charge in [0.25, 0.3) is 5.91 Å². The normalized spacial score (nSPS) is 12.1. The average Bonchev–Trinajstić information content (AvgIpc) is 3.04. The van der Waals surface area contributed by atoms with E-state index in [1.54, 1.807) is 17.0 Å². The maximum atomic E-state index is 12.9. The summed E-state index contributed by atoms with van der Waals surface area (Å²) < 4.78 is 30.7. The van der Waals surface area contributed by atoms with E-state index in [2.05, 4.69) is 6.92 Å². The molecule has 0 saturated carbocycles. The minimum absolute atomic E-state index is 0.148. The Kier molecular flexibility index (Phi) is 6.73. The molecule has 1 amide bonds. The highest BCUT2D eigenvalue weighted by Gasteiger charge is 2.18. The van der Waals surface area contributed by atoms with Gasteiger partial charge in [0.05, 0.1) is 16.6 Å². The minimum atomic E-state index is -1.35. The van der Waals surface area contributed by atoms with Crippen LogP contribution in [0.15, 0.2) is 45.7 Å². The molecule has 24 heavy (non-hydrogen) atoms. The van der Waals surface area contributed by atoms with Crippen LogP contribution in [-0.4, -0.2) is 28.1 Å². The molecule has 2 aromatic rings. The van der Waals surface area contributed by atoms with Crippen molar-refractivity contribution in [3.63, 3.8) is 0 Å². The number of carbonyl (C=O) groups excluding carboxylic acids is 1. The molecule has 0 aliphatic heterocycles. The minimum Gasteiger partial charge on any atom is -0.455 e. The summed E-state index contributed by atoms with van der Waals surface area (Å²) in [6, 6.07) is 8.82. The van der Waals surface area contributed by atoms with Crippen LogP contribution < -0.4 is 0 Å². The van der Waals surface area contributed by atoms with Crippen molar-refractivity contribution < 1.29 is 17.8 Å². The van der Waals surface area contributed by atoms with Gasteiger partial charge in [-0.2, -0.15) is 0 Å². The number of benzene rings is 1. The van der Waals surface area contributed by atoms with Crippen LogP contribution in [0.3, 0.4) is 0 Å². The maximum absolute atomic E-state index is 12.9. The zero-order valence-electron chi connectivity index (χ0n) is 14.0. The topological polar surface area (TPSA) is 50.5 Å². The molecule has 1 heterocycles. The van der Waals surface area contributed by atoms with Gasteiger partial charge in [0.15, 0.2) is 5.76 Å². The molecule has 0 radical (unpaired) electrons. The molecular formula is C18H22FNO3S. The SMILES string of the molecule is CCCCN(CC)C(=O)c1ccc(C[S@@](=O)c2ccc(F)cc2)o1. The molecule has 1 atom stereocenters. The van der Waals surface area contributed by atoms with Crippen molar-refractivity contribution in [1.29, 1.82) is 0 Å². The van der Waals surface area contributed by atoms with E-state index in [0.717, 1.165) is 12.8 Å². The Bertz CT molecular complexity index is 697. The summed E-state index contributed by atoms with van der Waals surface area (Å²) >= 11 is 0. The Balaban J connectivity index is 2.03. The fourth-order valence-electron chi connectivity index (χ4n) is 2.28. The molecule has 6 heteroatoms. The van der Waals surface area contributed by atoms with Gasteiger partial charge < -0.3 is 9.32 Å². The van der Waals surface area contributed by atoms with Gasteiger partial charge in [-0.05, 0) is 49.7 Å². The lowest BCUT2D eigenvalue weighted by atomic mass is 10.3. The molecule has 0 N–H and O–H groups in total. The number of unbranched alkanes of at least 4 members (excludes halogenated alkanes) is 1. The first kappa shape index (κ1) is 18.4. The van der Waals surface area contributed by atoms with Gasteiger partial charge in [0.2, 0.25) is 0 Å². The Morgan fingerprint density at radius 1 is 1.17 bits per heavy atom. The van der Waals surface area contributed by atoms with Crippen LogP contribution in [0.5, 0.6) is 0 Å². The van der Waals surface area contributed by atoms with Gasteiger partial charge >= 0.3 is 0 Å². The average molecular weight is 351 g/mol. The fraction of sp³-hybridized carbons (Fsp3) is 0.389. The number of hydrogen-bond acceptors (Lipinski definition) is 3. The van der Waals surface area contributed by atoms with E-state index in [1.807, 2.05) is 6.92 Å². The fourth-order valence-corrected chi connectivity index (χ4v) is 3.30. The van der Waals surface area contributed by atoms with E-state index in [9.17, 15) is 13.4 Å². The van der Waals surface area contributed by atoms with Crippen molar-refractivity contribution in [3.05, 3.63) is 53.7 Å². The lowest BCUT2D eigenvalue weighted by Gasteiger charge is -2.19. The zero-order valence-corrected chi connectivity index (χ0v) is 14.8. The second kappa shape index (κ2) is 8.78. The van der Waals surface area contributed by atoms with Gasteiger partial charge in [-0.25, -0.2) is 4.39 Å². The summed E-state index contributed by atoms with van der Waals surface area (Å²) in [6.07, 6.45) is 1.96. The van der Waals surface area contributed by atoms with Crippen molar-refractivity contribution in [1.82, 2.24) is 4.90 Å². The monoisotopic (exact) mass is 351 g/mol. The predicted molar refractivity (Wildman–Crippen MR) is 91.7 cm³/mol. The Labute approximate surface area is 144 Å². The molecular weight excluding hydrogens is 329 g/mol. The van der Waals surface area contributed by atoms with Crippen LogP contribution >= 0.6 is 0 Å². The van der Waals surface area contributed by atoms with Crippen molar-refractivity contribution >= 4 is 16.7 Å². The summed E-state index contributed by atoms with van der Waals surface area (Å²) in [7, 11) is -1.35. The van der Waals surface area contributed by atoms with Gasteiger partial charge in [-0.15, -0.1) is 0 Å². The van der Waals surface area contributed by atoms with E-state index >= 15 is 0 Å². The van der Waals surface area contributed by atoms with Gasteiger partial charge in [0, 0.05) is 18.0 Å². The Hall–Kier alpha value is -1.95. The number of amides is 1. The summed E-state index contributed by atoms with van der Waals surface area (Å²) in [6.45, 7) is 5.33. The molecule has 130 valence electrons. The first-order chi connectivity index (χ1) is 11.5. The standard InChI is InChI=1S/C18H22FNO3S/c1-3-5-12-20(4-2)18(21)17-11-8-15(23-17)13-24(22)16-9-6-14(19)7-10-16/h6-11H,3-5,12-13H2,1-2H3/t24-/m1/s1. The second-order valence-electron chi connectivity index (χ2n) is 5.45. The molecule has 0 aliphatic rings. The molecule has 2 rings (SSSR count). The molecule has 0 spiro atoms. The Morgan fingerprint density at radius 3 is 2.50 bits per heavy atom. The van der Waals surface area contributed by atoms with E-state index in [1.165, 1.54) is 24.3 Å². The molecule has 0 bridgehead atoms. The van der Waals surface area contributed by atoms with E-state index in [-0.39, 0.29) is 23.2 Å². The van der Waals surface area contributed by atoms with Crippen LogP contribution in [0.25, 0.3) is 0 Å². The maximum Gasteiger partial charge on any atom is 0.289 e.